The predicted octanol–water partition coefficient (Wildman–Crippen LogP) is 5.55. The molecule has 1 unspecified atom stereocenters. The minimum absolute atomic E-state index is 0.0969. The van der Waals surface area contributed by atoms with E-state index in [0.29, 0.717) is 56.4 Å². The standard InChI is InChI=1S/C30H36ClF3N4O2/c1-29(11-12-29)28(40)37-13-9-21(10-14-37)27(39)38-18-22(15-20-3-6-25(31)7-4-20)23(19-38)17-36(2)26-8-5-24(16-35-26)30(32,33)34/h3-8,16,21-23H,9-15,17-19H2,1-2H3/t22?,23-/m0/s1. The second-order valence-electron chi connectivity index (χ2n) is 12.0. The molecular formula is C30H36ClF3N4O2. The van der Waals surface area contributed by atoms with Gasteiger partial charge in [0.25, 0.3) is 0 Å². The minimum atomic E-state index is -4.43. The van der Waals surface area contributed by atoms with Crippen LogP contribution in [0.2, 0.25) is 5.02 Å². The van der Waals surface area contributed by atoms with E-state index in [2.05, 4.69) is 4.98 Å². The van der Waals surface area contributed by atoms with E-state index in [-0.39, 0.29) is 35.0 Å². The lowest BCUT2D eigenvalue weighted by Gasteiger charge is -2.34. The van der Waals surface area contributed by atoms with Crippen molar-refractivity contribution in [1.29, 1.82) is 0 Å². The highest BCUT2D eigenvalue weighted by Crippen LogP contribution is 2.47. The highest BCUT2D eigenvalue weighted by molar-refractivity contribution is 6.30. The molecular weight excluding hydrogens is 541 g/mol. The molecule has 1 aliphatic carbocycles. The Morgan fingerprint density at radius 2 is 1.68 bits per heavy atom. The van der Waals surface area contributed by atoms with E-state index in [9.17, 15) is 22.8 Å². The van der Waals surface area contributed by atoms with Gasteiger partial charge in [0.05, 0.1) is 5.56 Å². The van der Waals surface area contributed by atoms with Crippen molar-refractivity contribution in [3.05, 3.63) is 58.7 Å². The summed E-state index contributed by atoms with van der Waals surface area (Å²) < 4.78 is 39.0. The lowest BCUT2D eigenvalue weighted by atomic mass is 9.89. The number of piperidine rings is 1. The number of carbonyl (C=O) groups excluding carboxylic acids is 2. The van der Waals surface area contributed by atoms with Gasteiger partial charge in [-0.25, -0.2) is 4.98 Å². The minimum Gasteiger partial charge on any atom is -0.359 e. The molecule has 0 radical (unpaired) electrons. The van der Waals surface area contributed by atoms with Gasteiger partial charge < -0.3 is 14.7 Å². The number of carbonyl (C=O) groups is 2. The molecule has 0 N–H and O–H groups in total. The molecule has 5 rings (SSSR count). The topological polar surface area (TPSA) is 56.8 Å². The van der Waals surface area contributed by atoms with Crippen LogP contribution in [0.15, 0.2) is 42.6 Å². The second kappa shape index (κ2) is 11.2. The van der Waals surface area contributed by atoms with Crippen LogP contribution < -0.4 is 4.90 Å². The van der Waals surface area contributed by atoms with Gasteiger partial charge in [-0.1, -0.05) is 30.7 Å². The number of amides is 2. The molecule has 2 atom stereocenters. The van der Waals surface area contributed by atoms with Crippen molar-refractivity contribution in [2.24, 2.45) is 23.2 Å². The van der Waals surface area contributed by atoms with Crippen LogP contribution >= 0.6 is 11.6 Å². The van der Waals surface area contributed by atoms with Gasteiger partial charge in [-0.15, -0.1) is 0 Å². The summed E-state index contributed by atoms with van der Waals surface area (Å²) in [4.78, 5) is 36.2. The predicted molar refractivity (Wildman–Crippen MR) is 148 cm³/mol. The fraction of sp³-hybridized carbons (Fsp3) is 0.567. The third-order valence-electron chi connectivity index (χ3n) is 8.92. The lowest BCUT2D eigenvalue weighted by Crippen LogP contribution is -2.46. The molecule has 1 aromatic heterocycles. The van der Waals surface area contributed by atoms with Crippen LogP contribution in [0.5, 0.6) is 0 Å². The summed E-state index contributed by atoms with van der Waals surface area (Å²) in [6.45, 7) is 5.04. The first-order valence-electron chi connectivity index (χ1n) is 14.0. The Hall–Kier alpha value is -2.81. The number of pyridine rings is 1. The van der Waals surface area contributed by atoms with Crippen LogP contribution in [0, 0.1) is 23.2 Å². The summed E-state index contributed by atoms with van der Waals surface area (Å²) in [7, 11) is 1.83. The SMILES string of the molecule is CN(C[C@H]1CN(C(=O)C2CCN(C(=O)C3(C)CC3)CC2)CC1Cc1ccc(Cl)cc1)c1ccc(C(F)(F)F)cn1. The van der Waals surface area contributed by atoms with E-state index in [1.165, 1.54) is 6.07 Å². The number of rotatable bonds is 7. The molecule has 0 bridgehead atoms. The van der Waals surface area contributed by atoms with Crippen LogP contribution in [-0.2, 0) is 22.2 Å². The van der Waals surface area contributed by atoms with Crippen LogP contribution in [-0.4, -0.2) is 66.4 Å². The zero-order valence-electron chi connectivity index (χ0n) is 23.0. The smallest absolute Gasteiger partial charge is 0.359 e. The molecule has 40 heavy (non-hydrogen) atoms. The van der Waals surface area contributed by atoms with Gasteiger partial charge in [0.2, 0.25) is 11.8 Å². The number of likely N-dealkylation sites (tertiary alicyclic amines) is 2. The summed E-state index contributed by atoms with van der Waals surface area (Å²) in [5, 5.41) is 0.664. The van der Waals surface area contributed by atoms with Gasteiger partial charge in [0, 0.05) is 62.3 Å². The molecule has 2 saturated heterocycles. The first kappa shape index (κ1) is 28.7. The van der Waals surface area contributed by atoms with Crippen molar-refractivity contribution >= 4 is 29.2 Å². The fourth-order valence-corrected chi connectivity index (χ4v) is 6.20. The molecule has 0 spiro atoms. The van der Waals surface area contributed by atoms with Gasteiger partial charge in [0.1, 0.15) is 5.82 Å². The number of hydrogen-bond acceptors (Lipinski definition) is 4. The first-order valence-corrected chi connectivity index (χ1v) is 14.4. The average molecular weight is 577 g/mol. The number of aromatic nitrogens is 1. The van der Waals surface area contributed by atoms with E-state index in [1.807, 2.05) is 52.9 Å². The van der Waals surface area contributed by atoms with Crippen LogP contribution in [0.25, 0.3) is 0 Å². The van der Waals surface area contributed by atoms with E-state index < -0.39 is 11.7 Å². The Balaban J connectivity index is 1.25. The molecule has 1 aromatic carbocycles. The summed E-state index contributed by atoms with van der Waals surface area (Å²) in [6.07, 6.45) is 0.460. The van der Waals surface area contributed by atoms with Crippen LogP contribution in [0.4, 0.5) is 19.0 Å². The monoisotopic (exact) mass is 576 g/mol. The van der Waals surface area contributed by atoms with Crippen molar-refractivity contribution in [2.75, 3.05) is 44.7 Å². The maximum absolute atomic E-state index is 13.6. The quantitative estimate of drug-likeness (QED) is 0.434. The van der Waals surface area contributed by atoms with Gasteiger partial charge in [0.15, 0.2) is 0 Å². The molecule has 2 aromatic rings. The van der Waals surface area contributed by atoms with Gasteiger partial charge in [-0.2, -0.15) is 13.2 Å². The molecule has 3 aliphatic rings. The van der Waals surface area contributed by atoms with Crippen molar-refractivity contribution in [3.8, 4) is 0 Å². The van der Waals surface area contributed by atoms with E-state index >= 15 is 0 Å². The van der Waals surface area contributed by atoms with Crippen molar-refractivity contribution < 1.29 is 22.8 Å². The largest absolute Gasteiger partial charge is 0.417 e. The number of halogens is 4. The highest BCUT2D eigenvalue weighted by Gasteiger charge is 2.48. The molecule has 3 heterocycles. The van der Waals surface area contributed by atoms with Crippen LogP contribution in [0.3, 0.4) is 0 Å². The molecule has 2 amide bonds. The number of alkyl halides is 3. The average Bonchev–Trinajstić information content (AvgIpc) is 3.58. The zero-order chi connectivity index (χ0) is 28.7. The van der Waals surface area contributed by atoms with E-state index in [4.69, 9.17) is 11.6 Å². The normalized spacial score (nSPS) is 22.9. The summed E-state index contributed by atoms with van der Waals surface area (Å²) in [5.74, 6) is 1.03. The Morgan fingerprint density at radius 1 is 1.02 bits per heavy atom. The van der Waals surface area contributed by atoms with E-state index in [1.54, 1.807) is 0 Å². The van der Waals surface area contributed by atoms with Crippen LogP contribution in [0.1, 0.15) is 43.7 Å². The summed E-state index contributed by atoms with van der Waals surface area (Å²) in [6, 6.07) is 10.2. The van der Waals surface area contributed by atoms with Crippen molar-refractivity contribution in [3.63, 3.8) is 0 Å². The summed E-state index contributed by atoms with van der Waals surface area (Å²) >= 11 is 6.08. The van der Waals surface area contributed by atoms with Crippen molar-refractivity contribution in [1.82, 2.24) is 14.8 Å². The molecule has 3 fully saturated rings. The maximum atomic E-state index is 13.6. The number of anilines is 1. The third-order valence-corrected chi connectivity index (χ3v) is 9.17. The Labute approximate surface area is 238 Å². The molecule has 216 valence electrons. The molecule has 6 nitrogen and oxygen atoms in total. The highest BCUT2D eigenvalue weighted by atomic mass is 35.5. The molecule has 2 aliphatic heterocycles. The van der Waals surface area contributed by atoms with Gasteiger partial charge >= 0.3 is 6.18 Å². The van der Waals surface area contributed by atoms with Gasteiger partial charge in [-0.3, -0.25) is 9.59 Å². The molecule has 10 heteroatoms. The maximum Gasteiger partial charge on any atom is 0.417 e. The number of hydrogen-bond donors (Lipinski definition) is 0. The fourth-order valence-electron chi connectivity index (χ4n) is 6.08. The zero-order valence-corrected chi connectivity index (χ0v) is 23.7. The van der Waals surface area contributed by atoms with Crippen molar-refractivity contribution in [2.45, 2.75) is 45.2 Å². The lowest BCUT2D eigenvalue weighted by molar-refractivity contribution is -0.142. The number of benzene rings is 1. The second-order valence-corrected chi connectivity index (χ2v) is 12.4. The molecule has 1 saturated carbocycles. The Kier molecular flexibility index (Phi) is 8.06. The first-order chi connectivity index (χ1) is 18.9. The van der Waals surface area contributed by atoms with Gasteiger partial charge in [-0.05, 0) is 73.8 Å². The Morgan fingerprint density at radius 3 is 2.25 bits per heavy atom. The summed E-state index contributed by atoms with van der Waals surface area (Å²) in [5.41, 5.74) is 0.160. The number of nitrogens with zero attached hydrogens (tertiary/aromatic N) is 4. The van der Waals surface area contributed by atoms with E-state index in [0.717, 1.165) is 37.1 Å². The Bertz CT molecular complexity index is 1210. The third kappa shape index (κ3) is 6.40.